The number of hydrogen-bond acceptors (Lipinski definition) is 2. The number of halogens is 2. The van der Waals surface area contributed by atoms with Gasteiger partial charge in [-0.25, -0.2) is 4.39 Å². The smallest absolute Gasteiger partial charge is 0.260 e. The molecule has 0 fully saturated rings. The van der Waals surface area contributed by atoms with Crippen LogP contribution in [-0.2, 0) is 11.3 Å². The van der Waals surface area contributed by atoms with E-state index in [-0.39, 0.29) is 19.1 Å². The molecule has 0 heterocycles. The van der Waals surface area contributed by atoms with E-state index < -0.39 is 5.82 Å². The molecule has 0 atom stereocenters. The van der Waals surface area contributed by atoms with Crippen LogP contribution in [-0.4, -0.2) is 24.5 Å². The SMILES string of the molecule is Cc1cccc(C)c1OCC(=O)N(C)Cc1c(F)cccc1Cl. The highest BCUT2D eigenvalue weighted by Gasteiger charge is 2.15. The summed E-state index contributed by atoms with van der Waals surface area (Å²) in [6, 6.07) is 10.3. The van der Waals surface area contributed by atoms with Gasteiger partial charge in [0.2, 0.25) is 0 Å². The summed E-state index contributed by atoms with van der Waals surface area (Å²) < 4.78 is 19.4. The van der Waals surface area contributed by atoms with E-state index >= 15 is 0 Å². The molecular weight excluding hydrogens is 317 g/mol. The number of benzene rings is 2. The molecule has 0 saturated heterocycles. The van der Waals surface area contributed by atoms with Crippen molar-refractivity contribution in [2.24, 2.45) is 0 Å². The summed E-state index contributed by atoms with van der Waals surface area (Å²) in [5, 5.41) is 0.306. The average molecular weight is 336 g/mol. The Kier molecular flexibility index (Phi) is 5.61. The third kappa shape index (κ3) is 4.23. The fourth-order valence-corrected chi connectivity index (χ4v) is 2.50. The van der Waals surface area contributed by atoms with Crippen LogP contribution in [0.2, 0.25) is 5.02 Å². The van der Waals surface area contributed by atoms with Gasteiger partial charge in [-0.3, -0.25) is 4.79 Å². The van der Waals surface area contributed by atoms with Gasteiger partial charge in [0.05, 0.1) is 0 Å². The zero-order chi connectivity index (χ0) is 17.0. The van der Waals surface area contributed by atoms with Crippen LogP contribution in [0.4, 0.5) is 4.39 Å². The lowest BCUT2D eigenvalue weighted by molar-refractivity contribution is -0.132. The van der Waals surface area contributed by atoms with Gasteiger partial charge in [0.25, 0.3) is 5.91 Å². The van der Waals surface area contributed by atoms with Crippen molar-refractivity contribution in [2.45, 2.75) is 20.4 Å². The number of para-hydroxylation sites is 1. The lowest BCUT2D eigenvalue weighted by Crippen LogP contribution is -2.31. The van der Waals surface area contributed by atoms with Gasteiger partial charge in [-0.1, -0.05) is 35.9 Å². The highest BCUT2D eigenvalue weighted by molar-refractivity contribution is 6.31. The Morgan fingerprint density at radius 2 is 1.78 bits per heavy atom. The van der Waals surface area contributed by atoms with E-state index in [1.807, 2.05) is 32.0 Å². The van der Waals surface area contributed by atoms with Crippen LogP contribution in [0.3, 0.4) is 0 Å². The van der Waals surface area contributed by atoms with E-state index in [9.17, 15) is 9.18 Å². The van der Waals surface area contributed by atoms with Crippen molar-refractivity contribution in [1.82, 2.24) is 4.90 Å². The zero-order valence-corrected chi connectivity index (χ0v) is 14.2. The molecule has 0 spiro atoms. The number of carbonyl (C=O) groups excluding carboxylic acids is 1. The number of carbonyl (C=O) groups is 1. The van der Waals surface area contributed by atoms with Gasteiger partial charge in [-0.2, -0.15) is 0 Å². The number of aryl methyl sites for hydroxylation is 2. The first-order valence-electron chi connectivity index (χ1n) is 7.26. The largest absolute Gasteiger partial charge is 0.483 e. The van der Waals surface area contributed by atoms with E-state index in [0.717, 1.165) is 11.1 Å². The molecule has 0 aliphatic carbocycles. The Hall–Kier alpha value is -2.07. The Bertz CT molecular complexity index is 678. The first kappa shape index (κ1) is 17.3. The van der Waals surface area contributed by atoms with E-state index in [2.05, 4.69) is 0 Å². The van der Waals surface area contributed by atoms with Crippen LogP contribution < -0.4 is 4.74 Å². The Morgan fingerprint density at radius 1 is 1.17 bits per heavy atom. The molecule has 3 nitrogen and oxygen atoms in total. The van der Waals surface area contributed by atoms with Crippen LogP contribution in [0.15, 0.2) is 36.4 Å². The molecule has 0 bridgehead atoms. The van der Waals surface area contributed by atoms with E-state index in [1.165, 1.54) is 17.0 Å². The normalized spacial score (nSPS) is 10.5. The first-order chi connectivity index (χ1) is 10.9. The minimum Gasteiger partial charge on any atom is -0.483 e. The maximum Gasteiger partial charge on any atom is 0.260 e. The highest BCUT2D eigenvalue weighted by atomic mass is 35.5. The molecule has 0 unspecified atom stereocenters. The molecular formula is C18H19ClFNO2. The number of rotatable bonds is 5. The molecule has 0 aromatic heterocycles. The van der Waals surface area contributed by atoms with Gasteiger partial charge < -0.3 is 9.64 Å². The third-order valence-electron chi connectivity index (χ3n) is 3.63. The van der Waals surface area contributed by atoms with Crippen LogP contribution >= 0.6 is 11.6 Å². The molecule has 23 heavy (non-hydrogen) atoms. The van der Waals surface area contributed by atoms with E-state index in [0.29, 0.717) is 16.3 Å². The lowest BCUT2D eigenvalue weighted by atomic mass is 10.1. The second-order valence-electron chi connectivity index (χ2n) is 5.46. The highest BCUT2D eigenvalue weighted by Crippen LogP contribution is 2.23. The third-order valence-corrected chi connectivity index (χ3v) is 3.99. The maximum absolute atomic E-state index is 13.8. The maximum atomic E-state index is 13.8. The Morgan fingerprint density at radius 3 is 2.39 bits per heavy atom. The monoisotopic (exact) mass is 335 g/mol. The lowest BCUT2D eigenvalue weighted by Gasteiger charge is -2.19. The summed E-state index contributed by atoms with van der Waals surface area (Å²) in [4.78, 5) is 13.6. The molecule has 0 radical (unpaired) electrons. The summed E-state index contributed by atoms with van der Waals surface area (Å²) in [6.45, 7) is 3.85. The summed E-state index contributed by atoms with van der Waals surface area (Å²) in [5.74, 6) is 0.0398. The number of hydrogen-bond donors (Lipinski definition) is 0. The fraction of sp³-hybridized carbons (Fsp3) is 0.278. The van der Waals surface area contributed by atoms with Crippen molar-refractivity contribution in [1.29, 1.82) is 0 Å². The van der Waals surface area contributed by atoms with Gasteiger partial charge in [-0.15, -0.1) is 0 Å². The molecule has 0 aliphatic rings. The second kappa shape index (κ2) is 7.47. The number of ether oxygens (including phenoxy) is 1. The number of amides is 1. The minimum absolute atomic E-state index is 0.0977. The topological polar surface area (TPSA) is 29.5 Å². The average Bonchev–Trinajstić information content (AvgIpc) is 2.50. The van der Waals surface area contributed by atoms with Crippen LogP contribution in [0.25, 0.3) is 0 Å². The van der Waals surface area contributed by atoms with Crippen molar-refractivity contribution in [3.63, 3.8) is 0 Å². The van der Waals surface area contributed by atoms with Crippen molar-refractivity contribution >= 4 is 17.5 Å². The standard InChI is InChI=1S/C18H19ClFNO2/c1-12-6-4-7-13(2)18(12)23-11-17(22)21(3)10-14-15(19)8-5-9-16(14)20/h4-9H,10-11H2,1-3H3. The molecule has 5 heteroatoms. The van der Waals surface area contributed by atoms with Gasteiger partial charge in [0.1, 0.15) is 11.6 Å². The fourth-order valence-electron chi connectivity index (χ4n) is 2.28. The molecule has 0 aliphatic heterocycles. The molecule has 0 saturated carbocycles. The van der Waals surface area contributed by atoms with Crippen molar-refractivity contribution in [2.75, 3.05) is 13.7 Å². The number of likely N-dealkylation sites (N-methyl/N-ethyl adjacent to an activating group) is 1. The summed E-state index contributed by atoms with van der Waals surface area (Å²) in [7, 11) is 1.60. The molecule has 122 valence electrons. The molecule has 1 amide bonds. The molecule has 2 rings (SSSR count). The van der Waals surface area contributed by atoms with Crippen LogP contribution in [0.5, 0.6) is 5.75 Å². The quantitative estimate of drug-likeness (QED) is 0.822. The summed E-state index contributed by atoms with van der Waals surface area (Å²) >= 11 is 5.98. The van der Waals surface area contributed by atoms with Gasteiger partial charge >= 0.3 is 0 Å². The molecule has 0 N–H and O–H groups in total. The van der Waals surface area contributed by atoms with Crippen molar-refractivity contribution < 1.29 is 13.9 Å². The van der Waals surface area contributed by atoms with Gasteiger partial charge in [-0.05, 0) is 37.1 Å². The zero-order valence-electron chi connectivity index (χ0n) is 13.4. The van der Waals surface area contributed by atoms with Crippen molar-refractivity contribution in [3.05, 3.63) is 63.9 Å². The van der Waals surface area contributed by atoms with Crippen LogP contribution in [0.1, 0.15) is 16.7 Å². The summed E-state index contributed by atoms with van der Waals surface area (Å²) in [5.41, 5.74) is 2.24. The summed E-state index contributed by atoms with van der Waals surface area (Å²) in [6.07, 6.45) is 0. The van der Waals surface area contributed by atoms with Gasteiger partial charge in [0, 0.05) is 24.2 Å². The molecule has 2 aromatic carbocycles. The minimum atomic E-state index is -0.423. The Labute approximate surface area is 140 Å². The van der Waals surface area contributed by atoms with E-state index in [1.54, 1.807) is 13.1 Å². The predicted molar refractivity (Wildman–Crippen MR) is 89.3 cm³/mol. The number of nitrogens with zero attached hydrogens (tertiary/aromatic N) is 1. The second-order valence-corrected chi connectivity index (χ2v) is 5.87. The van der Waals surface area contributed by atoms with Gasteiger partial charge in [0.15, 0.2) is 6.61 Å². The van der Waals surface area contributed by atoms with E-state index in [4.69, 9.17) is 16.3 Å². The molecule has 2 aromatic rings. The first-order valence-corrected chi connectivity index (χ1v) is 7.64. The predicted octanol–water partition coefficient (Wildman–Crippen LogP) is 4.13. The van der Waals surface area contributed by atoms with Crippen LogP contribution in [0, 0.1) is 19.7 Å². The Balaban J connectivity index is 2.01. The van der Waals surface area contributed by atoms with Crippen molar-refractivity contribution in [3.8, 4) is 5.75 Å².